The van der Waals surface area contributed by atoms with Crippen LogP contribution in [0.5, 0.6) is 0 Å². The fraction of sp³-hybridized carbons (Fsp3) is 0.143. The highest BCUT2D eigenvalue weighted by Gasteiger charge is 2.13. The standard InChI is InChI=1S/C14H12BrClFN/c1-18-14-10(13(17)7-6-11(14)15)8-9-4-2-3-5-12(9)16/h2-7,18H,8H2,1H3. The molecule has 0 saturated heterocycles. The third kappa shape index (κ3) is 2.68. The molecule has 0 atom stereocenters. The van der Waals surface area contributed by atoms with E-state index in [2.05, 4.69) is 21.2 Å². The van der Waals surface area contributed by atoms with E-state index in [0.717, 1.165) is 15.7 Å². The minimum Gasteiger partial charge on any atom is -0.387 e. The molecule has 0 amide bonds. The van der Waals surface area contributed by atoms with Crippen molar-refractivity contribution in [3.05, 3.63) is 62.8 Å². The third-order valence-corrected chi connectivity index (χ3v) is 3.81. The van der Waals surface area contributed by atoms with Crippen LogP contribution in [0.1, 0.15) is 11.1 Å². The Labute approximate surface area is 119 Å². The maximum Gasteiger partial charge on any atom is 0.128 e. The molecule has 4 heteroatoms. The molecule has 0 fully saturated rings. The van der Waals surface area contributed by atoms with Gasteiger partial charge in [-0.3, -0.25) is 0 Å². The van der Waals surface area contributed by atoms with Gasteiger partial charge in [-0.25, -0.2) is 4.39 Å². The van der Waals surface area contributed by atoms with Gasteiger partial charge >= 0.3 is 0 Å². The van der Waals surface area contributed by atoms with E-state index in [0.29, 0.717) is 17.0 Å². The van der Waals surface area contributed by atoms with Gasteiger partial charge in [-0.2, -0.15) is 0 Å². The number of anilines is 1. The van der Waals surface area contributed by atoms with Gasteiger partial charge in [-0.1, -0.05) is 29.8 Å². The maximum atomic E-state index is 13.9. The zero-order chi connectivity index (χ0) is 13.1. The molecular weight excluding hydrogens is 317 g/mol. The first-order valence-corrected chi connectivity index (χ1v) is 6.68. The summed E-state index contributed by atoms with van der Waals surface area (Å²) < 4.78 is 14.8. The average Bonchev–Trinajstić information content (AvgIpc) is 2.37. The van der Waals surface area contributed by atoms with E-state index in [4.69, 9.17) is 11.6 Å². The molecule has 0 aliphatic carbocycles. The van der Waals surface area contributed by atoms with Gasteiger partial charge in [0.25, 0.3) is 0 Å². The Morgan fingerprint density at radius 3 is 2.61 bits per heavy atom. The molecule has 0 aliphatic heterocycles. The second-order valence-electron chi connectivity index (χ2n) is 3.90. The zero-order valence-electron chi connectivity index (χ0n) is 9.81. The molecule has 18 heavy (non-hydrogen) atoms. The molecule has 0 aliphatic rings. The summed E-state index contributed by atoms with van der Waals surface area (Å²) in [5.41, 5.74) is 2.28. The molecule has 0 bridgehead atoms. The molecule has 94 valence electrons. The van der Waals surface area contributed by atoms with Crippen LogP contribution in [0.4, 0.5) is 10.1 Å². The molecular formula is C14H12BrClFN. The lowest BCUT2D eigenvalue weighted by molar-refractivity contribution is 0.614. The lowest BCUT2D eigenvalue weighted by atomic mass is 10.0. The molecule has 2 aromatic carbocycles. The molecule has 0 saturated carbocycles. The van der Waals surface area contributed by atoms with Crippen LogP contribution in [0.2, 0.25) is 5.02 Å². The van der Waals surface area contributed by atoms with Gasteiger partial charge in [0.05, 0.1) is 5.69 Å². The van der Waals surface area contributed by atoms with Crippen LogP contribution in [0.15, 0.2) is 40.9 Å². The number of benzene rings is 2. The second-order valence-corrected chi connectivity index (χ2v) is 5.16. The lowest BCUT2D eigenvalue weighted by Crippen LogP contribution is -2.01. The van der Waals surface area contributed by atoms with Crippen molar-refractivity contribution in [1.82, 2.24) is 0 Å². The molecule has 2 rings (SSSR count). The van der Waals surface area contributed by atoms with Crippen molar-refractivity contribution in [2.45, 2.75) is 6.42 Å². The molecule has 0 spiro atoms. The Morgan fingerprint density at radius 1 is 1.22 bits per heavy atom. The van der Waals surface area contributed by atoms with E-state index < -0.39 is 0 Å². The highest BCUT2D eigenvalue weighted by molar-refractivity contribution is 9.10. The Balaban J connectivity index is 2.46. The molecule has 0 aromatic heterocycles. The topological polar surface area (TPSA) is 12.0 Å². The van der Waals surface area contributed by atoms with Crippen LogP contribution < -0.4 is 5.32 Å². The van der Waals surface area contributed by atoms with Gasteiger partial charge in [0.1, 0.15) is 5.82 Å². The van der Waals surface area contributed by atoms with Crippen molar-refractivity contribution in [2.24, 2.45) is 0 Å². The Hall–Kier alpha value is -1.06. The van der Waals surface area contributed by atoms with Crippen molar-refractivity contribution >= 4 is 33.2 Å². The molecule has 0 heterocycles. The number of hydrogen-bond acceptors (Lipinski definition) is 1. The van der Waals surface area contributed by atoms with Gasteiger partial charge in [0.15, 0.2) is 0 Å². The van der Waals surface area contributed by atoms with E-state index in [1.807, 2.05) is 24.3 Å². The van der Waals surface area contributed by atoms with Gasteiger partial charge < -0.3 is 5.32 Å². The fourth-order valence-electron chi connectivity index (χ4n) is 1.87. The van der Waals surface area contributed by atoms with Crippen molar-refractivity contribution in [3.8, 4) is 0 Å². The van der Waals surface area contributed by atoms with E-state index in [1.54, 1.807) is 13.1 Å². The minimum atomic E-state index is -0.234. The van der Waals surface area contributed by atoms with Crippen molar-refractivity contribution < 1.29 is 4.39 Å². The first-order chi connectivity index (χ1) is 8.63. The van der Waals surface area contributed by atoms with Crippen LogP contribution in [-0.2, 0) is 6.42 Å². The predicted molar refractivity (Wildman–Crippen MR) is 77.9 cm³/mol. The summed E-state index contributed by atoms with van der Waals surface area (Å²) in [4.78, 5) is 0. The molecule has 2 aromatic rings. The van der Waals surface area contributed by atoms with E-state index in [1.165, 1.54) is 6.07 Å². The number of hydrogen-bond donors (Lipinski definition) is 1. The smallest absolute Gasteiger partial charge is 0.128 e. The van der Waals surface area contributed by atoms with Crippen LogP contribution in [-0.4, -0.2) is 7.05 Å². The molecule has 0 radical (unpaired) electrons. The van der Waals surface area contributed by atoms with E-state index in [9.17, 15) is 4.39 Å². The Morgan fingerprint density at radius 2 is 1.94 bits per heavy atom. The Kier molecular flexibility index (Phi) is 4.25. The van der Waals surface area contributed by atoms with Crippen molar-refractivity contribution in [3.63, 3.8) is 0 Å². The van der Waals surface area contributed by atoms with Crippen molar-refractivity contribution in [1.29, 1.82) is 0 Å². The zero-order valence-corrected chi connectivity index (χ0v) is 12.1. The fourth-order valence-corrected chi connectivity index (χ4v) is 2.64. The average molecular weight is 329 g/mol. The van der Waals surface area contributed by atoms with Crippen LogP contribution in [0.3, 0.4) is 0 Å². The number of halogens is 3. The van der Waals surface area contributed by atoms with Gasteiger partial charge in [0, 0.05) is 28.5 Å². The summed E-state index contributed by atoms with van der Waals surface area (Å²) in [6.07, 6.45) is 0.459. The van der Waals surface area contributed by atoms with E-state index in [-0.39, 0.29) is 5.82 Å². The first kappa shape index (κ1) is 13.4. The second kappa shape index (κ2) is 5.72. The third-order valence-electron chi connectivity index (χ3n) is 2.78. The summed E-state index contributed by atoms with van der Waals surface area (Å²) in [5, 5.41) is 3.67. The van der Waals surface area contributed by atoms with E-state index >= 15 is 0 Å². The van der Waals surface area contributed by atoms with Gasteiger partial charge in [0.2, 0.25) is 0 Å². The molecule has 0 unspecified atom stereocenters. The van der Waals surface area contributed by atoms with Gasteiger partial charge in [-0.15, -0.1) is 0 Å². The highest BCUT2D eigenvalue weighted by atomic mass is 79.9. The predicted octanol–water partition coefficient (Wildman–Crippen LogP) is 4.87. The normalized spacial score (nSPS) is 10.4. The largest absolute Gasteiger partial charge is 0.387 e. The first-order valence-electron chi connectivity index (χ1n) is 5.51. The summed E-state index contributed by atoms with van der Waals surface area (Å²) in [5.74, 6) is -0.234. The SMILES string of the molecule is CNc1c(Br)ccc(F)c1Cc1ccccc1Cl. The highest BCUT2D eigenvalue weighted by Crippen LogP contribution is 2.31. The Bertz CT molecular complexity index is 572. The number of rotatable bonds is 3. The summed E-state index contributed by atoms with van der Waals surface area (Å²) in [6, 6.07) is 10.6. The summed E-state index contributed by atoms with van der Waals surface area (Å²) >= 11 is 9.52. The van der Waals surface area contributed by atoms with Crippen LogP contribution >= 0.6 is 27.5 Å². The van der Waals surface area contributed by atoms with Crippen molar-refractivity contribution in [2.75, 3.05) is 12.4 Å². The summed E-state index contributed by atoms with van der Waals surface area (Å²) in [6.45, 7) is 0. The molecule has 1 nitrogen and oxygen atoms in total. The monoisotopic (exact) mass is 327 g/mol. The molecule has 1 N–H and O–H groups in total. The van der Waals surface area contributed by atoms with Gasteiger partial charge in [-0.05, 0) is 39.7 Å². The van der Waals surface area contributed by atoms with Crippen LogP contribution in [0, 0.1) is 5.82 Å². The van der Waals surface area contributed by atoms with Crippen LogP contribution in [0.25, 0.3) is 0 Å². The quantitative estimate of drug-likeness (QED) is 0.847. The minimum absolute atomic E-state index is 0.234. The number of nitrogens with one attached hydrogen (secondary N) is 1. The maximum absolute atomic E-state index is 13.9. The summed E-state index contributed by atoms with van der Waals surface area (Å²) in [7, 11) is 1.77. The lowest BCUT2D eigenvalue weighted by Gasteiger charge is -2.13.